The molecule has 5 rings (SSSR count). The fraction of sp³-hybridized carbons (Fsp3) is 0.318. The number of esters is 3. The van der Waals surface area contributed by atoms with Gasteiger partial charge in [0.1, 0.15) is 28.1 Å². The SMILES string of the molecule is O=C(OC1C2CC3C1OC(=O)[C@@H]3C2C(=O)Oc1ccc(S(=O)(=O)[O-])cc1)c1ccc(I)c(I)c1. The Kier molecular flexibility index (Phi) is 6.13. The van der Waals surface area contributed by atoms with Crippen molar-refractivity contribution in [2.75, 3.05) is 0 Å². The summed E-state index contributed by atoms with van der Waals surface area (Å²) in [6, 6.07) is 9.63. The molecular formula is C22H15I2O9S-. The second kappa shape index (κ2) is 8.71. The second-order valence-corrected chi connectivity index (χ2v) is 12.1. The molecule has 2 aromatic carbocycles. The van der Waals surface area contributed by atoms with Crippen molar-refractivity contribution in [3.05, 3.63) is 55.2 Å². The summed E-state index contributed by atoms with van der Waals surface area (Å²) >= 11 is 4.28. The summed E-state index contributed by atoms with van der Waals surface area (Å²) in [6.45, 7) is 0. The summed E-state index contributed by atoms with van der Waals surface area (Å²) < 4.78 is 51.8. The maximum absolute atomic E-state index is 13.1. The molecule has 0 aromatic heterocycles. The van der Waals surface area contributed by atoms with Crippen LogP contribution in [-0.4, -0.2) is 43.1 Å². The molecule has 1 saturated heterocycles. The van der Waals surface area contributed by atoms with Crippen LogP contribution in [0.4, 0.5) is 0 Å². The lowest BCUT2D eigenvalue weighted by Gasteiger charge is -2.30. The summed E-state index contributed by atoms with van der Waals surface area (Å²) in [5.74, 6) is -4.00. The summed E-state index contributed by atoms with van der Waals surface area (Å²) in [5.41, 5.74) is 0.362. The highest BCUT2D eigenvalue weighted by molar-refractivity contribution is 14.1. The molecule has 0 N–H and O–H groups in total. The molecular weight excluding hydrogens is 694 g/mol. The molecule has 2 bridgehead atoms. The standard InChI is InChI=1S/C22H16I2O9S/c23-14-6-1-9(7-15(14)24)20(25)32-18-12-8-13-17(22(27)33-19(13)18)16(12)21(26)31-10-2-4-11(5-3-10)34(28,29)30/h1-7,12-13,16-19H,8H2,(H,28,29,30)/p-1/t12?,13?,16?,17-,18?,19?/m0/s1. The molecule has 5 unspecified atom stereocenters. The van der Waals surface area contributed by atoms with Gasteiger partial charge < -0.3 is 18.8 Å². The lowest BCUT2D eigenvalue weighted by atomic mass is 9.78. The quantitative estimate of drug-likeness (QED) is 0.199. The molecule has 3 fully saturated rings. The van der Waals surface area contributed by atoms with Crippen molar-refractivity contribution in [1.29, 1.82) is 0 Å². The van der Waals surface area contributed by atoms with Crippen molar-refractivity contribution in [2.45, 2.75) is 23.5 Å². The van der Waals surface area contributed by atoms with Gasteiger partial charge in [0.15, 0.2) is 0 Å². The molecule has 9 nitrogen and oxygen atoms in total. The van der Waals surface area contributed by atoms with E-state index in [4.69, 9.17) is 14.2 Å². The Morgan fingerprint density at radius 1 is 1.03 bits per heavy atom. The molecule has 2 saturated carbocycles. The van der Waals surface area contributed by atoms with E-state index in [1.54, 1.807) is 18.2 Å². The molecule has 0 amide bonds. The molecule has 0 radical (unpaired) electrons. The first kappa shape index (κ1) is 23.9. The highest BCUT2D eigenvalue weighted by Gasteiger charge is 2.70. The predicted molar refractivity (Wildman–Crippen MR) is 130 cm³/mol. The minimum atomic E-state index is -4.63. The number of fused-ring (bicyclic) bond motifs is 1. The van der Waals surface area contributed by atoms with Gasteiger partial charge in [-0.3, -0.25) is 9.59 Å². The first-order valence-corrected chi connectivity index (χ1v) is 13.8. The van der Waals surface area contributed by atoms with Gasteiger partial charge in [0, 0.05) is 19.0 Å². The van der Waals surface area contributed by atoms with Crippen molar-refractivity contribution in [2.24, 2.45) is 23.7 Å². The molecule has 2 aliphatic carbocycles. The number of hydrogen-bond donors (Lipinski definition) is 0. The number of halogens is 2. The van der Waals surface area contributed by atoms with Crippen molar-refractivity contribution in [3.63, 3.8) is 0 Å². The van der Waals surface area contributed by atoms with Gasteiger partial charge in [-0.05, 0) is 94.1 Å². The fourth-order valence-corrected chi connectivity index (χ4v) is 6.46. The number of hydrogen-bond acceptors (Lipinski definition) is 9. The van der Waals surface area contributed by atoms with Crippen LogP contribution in [0.2, 0.25) is 0 Å². The van der Waals surface area contributed by atoms with Crippen LogP contribution in [-0.2, 0) is 29.2 Å². The average molecular weight is 709 g/mol. The van der Waals surface area contributed by atoms with Crippen molar-refractivity contribution in [3.8, 4) is 5.75 Å². The van der Waals surface area contributed by atoms with E-state index >= 15 is 0 Å². The Labute approximate surface area is 221 Å². The highest BCUT2D eigenvalue weighted by atomic mass is 127. The van der Waals surface area contributed by atoms with Gasteiger partial charge in [-0.15, -0.1) is 0 Å². The molecule has 6 atom stereocenters. The molecule has 1 heterocycles. The number of rotatable bonds is 5. The fourth-order valence-electron chi connectivity index (χ4n) is 5.14. The van der Waals surface area contributed by atoms with E-state index in [0.29, 0.717) is 12.0 Å². The van der Waals surface area contributed by atoms with Crippen LogP contribution < -0.4 is 4.74 Å². The van der Waals surface area contributed by atoms with Gasteiger partial charge in [0.05, 0.1) is 22.3 Å². The third kappa shape index (κ3) is 4.11. The molecule has 0 spiro atoms. The van der Waals surface area contributed by atoms with Crippen molar-refractivity contribution < 1.29 is 41.6 Å². The average Bonchev–Trinajstić information content (AvgIpc) is 3.39. The minimum absolute atomic E-state index is 0.0325. The zero-order valence-corrected chi connectivity index (χ0v) is 22.2. The largest absolute Gasteiger partial charge is 0.744 e. The lowest BCUT2D eigenvalue weighted by Crippen LogP contribution is -2.44. The van der Waals surface area contributed by atoms with Gasteiger partial charge in [-0.2, -0.15) is 0 Å². The number of ether oxygens (including phenoxy) is 3. The van der Waals surface area contributed by atoms with Crippen molar-refractivity contribution >= 4 is 73.2 Å². The normalized spacial score (nSPS) is 29.1. The van der Waals surface area contributed by atoms with Crippen LogP contribution in [0, 0.1) is 30.8 Å². The van der Waals surface area contributed by atoms with E-state index in [2.05, 4.69) is 45.2 Å². The Bertz CT molecular complexity index is 1310. The van der Waals surface area contributed by atoms with Gasteiger partial charge in [-0.1, -0.05) is 0 Å². The van der Waals surface area contributed by atoms with E-state index in [-0.39, 0.29) is 11.7 Å². The van der Waals surface area contributed by atoms with Crippen LogP contribution >= 0.6 is 45.2 Å². The number of benzene rings is 2. The summed E-state index contributed by atoms with van der Waals surface area (Å²) in [7, 11) is -4.63. The van der Waals surface area contributed by atoms with Gasteiger partial charge >= 0.3 is 17.9 Å². The molecule has 1 aliphatic heterocycles. The third-order valence-electron chi connectivity index (χ3n) is 6.55. The zero-order chi connectivity index (χ0) is 24.4. The first-order valence-electron chi connectivity index (χ1n) is 10.2. The van der Waals surface area contributed by atoms with E-state index in [1.165, 1.54) is 12.1 Å². The van der Waals surface area contributed by atoms with Crippen LogP contribution in [0.3, 0.4) is 0 Å². The molecule has 34 heavy (non-hydrogen) atoms. The Hall–Kier alpha value is -1.78. The molecule has 2 aromatic rings. The predicted octanol–water partition coefficient (Wildman–Crippen LogP) is 2.74. The molecule has 12 heteroatoms. The topological polar surface area (TPSA) is 136 Å². The summed E-state index contributed by atoms with van der Waals surface area (Å²) in [5, 5.41) is 0. The van der Waals surface area contributed by atoms with E-state index in [0.717, 1.165) is 19.3 Å². The minimum Gasteiger partial charge on any atom is -0.744 e. The van der Waals surface area contributed by atoms with Crippen LogP contribution in [0.1, 0.15) is 16.8 Å². The first-order chi connectivity index (χ1) is 16.0. The summed E-state index contributed by atoms with van der Waals surface area (Å²) in [4.78, 5) is 37.9. The lowest BCUT2D eigenvalue weighted by molar-refractivity contribution is -0.149. The molecule has 178 valence electrons. The highest BCUT2D eigenvalue weighted by Crippen LogP contribution is 2.59. The second-order valence-electron chi connectivity index (χ2n) is 8.36. The van der Waals surface area contributed by atoms with Gasteiger partial charge in [0.25, 0.3) is 0 Å². The third-order valence-corrected chi connectivity index (χ3v) is 10.3. The number of carbonyl (C=O) groups excluding carboxylic acids is 3. The smallest absolute Gasteiger partial charge is 0.338 e. The number of carbonyl (C=O) groups is 3. The van der Waals surface area contributed by atoms with Crippen LogP contribution in [0.5, 0.6) is 5.75 Å². The van der Waals surface area contributed by atoms with E-state index in [9.17, 15) is 27.4 Å². The molecule has 3 aliphatic rings. The monoisotopic (exact) mass is 709 g/mol. The van der Waals surface area contributed by atoms with Crippen LogP contribution in [0.15, 0.2) is 47.4 Å². The maximum atomic E-state index is 13.1. The zero-order valence-electron chi connectivity index (χ0n) is 17.1. The summed E-state index contributed by atoms with van der Waals surface area (Å²) in [6.07, 6.45) is -0.890. The Morgan fingerprint density at radius 2 is 1.74 bits per heavy atom. The van der Waals surface area contributed by atoms with E-state index < -0.39 is 62.9 Å². The Morgan fingerprint density at radius 3 is 2.38 bits per heavy atom. The van der Waals surface area contributed by atoms with Gasteiger partial charge in [0.2, 0.25) is 0 Å². The Balaban J connectivity index is 1.35. The van der Waals surface area contributed by atoms with Crippen molar-refractivity contribution in [1.82, 2.24) is 0 Å². The van der Waals surface area contributed by atoms with E-state index in [1.807, 2.05) is 0 Å². The van der Waals surface area contributed by atoms with Gasteiger partial charge in [-0.25, -0.2) is 13.2 Å². The van der Waals surface area contributed by atoms with Crippen LogP contribution in [0.25, 0.3) is 0 Å². The maximum Gasteiger partial charge on any atom is 0.338 e.